The molecule has 7 heteroatoms. The van der Waals surface area contributed by atoms with E-state index in [0.29, 0.717) is 44.1 Å². The largest absolute Gasteiger partial charge is 0.416 e. The van der Waals surface area contributed by atoms with Gasteiger partial charge in [-0.25, -0.2) is 0 Å². The van der Waals surface area contributed by atoms with E-state index in [4.69, 9.17) is 4.74 Å². The Bertz CT molecular complexity index is 596. The molecule has 26 heavy (non-hydrogen) atoms. The van der Waals surface area contributed by atoms with Gasteiger partial charge < -0.3 is 15.4 Å². The molecule has 1 heterocycles. The summed E-state index contributed by atoms with van der Waals surface area (Å²) in [5, 5.41) is 6.54. The van der Waals surface area contributed by atoms with Crippen molar-refractivity contribution in [1.82, 2.24) is 10.6 Å². The Morgan fingerprint density at radius 1 is 1.23 bits per heavy atom. The lowest BCUT2D eigenvalue weighted by Gasteiger charge is -2.38. The summed E-state index contributed by atoms with van der Waals surface area (Å²) in [6.07, 6.45) is -0.878. The fourth-order valence-electron chi connectivity index (χ4n) is 3.21. The smallest absolute Gasteiger partial charge is 0.381 e. The molecule has 0 aromatic heterocycles. The van der Waals surface area contributed by atoms with E-state index in [-0.39, 0.29) is 0 Å². The number of rotatable bonds is 6. The predicted molar refractivity (Wildman–Crippen MR) is 97.4 cm³/mol. The van der Waals surface area contributed by atoms with Crippen LogP contribution in [0, 0.1) is 0 Å². The standard InChI is InChI=1S/C19H28F3N3O/c1-3-4-10-24-17(23-2)25-14-18(8-11-26-12-9-18)15-6-5-7-16(13-15)19(20,21)22/h5-7,13H,3-4,8-12,14H2,1-2H3,(H2,23,24,25). The summed E-state index contributed by atoms with van der Waals surface area (Å²) in [5.41, 5.74) is -0.305. The maximum Gasteiger partial charge on any atom is 0.416 e. The summed E-state index contributed by atoms with van der Waals surface area (Å²) in [6.45, 7) is 4.53. The summed E-state index contributed by atoms with van der Waals surface area (Å²) in [7, 11) is 1.70. The van der Waals surface area contributed by atoms with Crippen LogP contribution in [0.3, 0.4) is 0 Å². The minimum absolute atomic E-state index is 0.401. The number of nitrogens with one attached hydrogen (secondary N) is 2. The third kappa shape index (κ3) is 5.37. The molecule has 0 bridgehead atoms. The average Bonchev–Trinajstić information content (AvgIpc) is 2.65. The highest BCUT2D eigenvalue weighted by atomic mass is 19.4. The molecule has 1 aliphatic heterocycles. The third-order valence-corrected chi connectivity index (χ3v) is 4.89. The molecule has 0 unspecified atom stereocenters. The van der Waals surface area contributed by atoms with Crippen molar-refractivity contribution >= 4 is 5.96 Å². The second kappa shape index (κ2) is 9.26. The quantitative estimate of drug-likeness (QED) is 0.455. The van der Waals surface area contributed by atoms with E-state index in [9.17, 15) is 13.2 Å². The van der Waals surface area contributed by atoms with E-state index < -0.39 is 17.2 Å². The van der Waals surface area contributed by atoms with Crippen LogP contribution < -0.4 is 10.6 Å². The first-order chi connectivity index (χ1) is 12.4. The highest BCUT2D eigenvalue weighted by Crippen LogP contribution is 2.37. The van der Waals surface area contributed by atoms with E-state index in [1.54, 1.807) is 13.1 Å². The monoisotopic (exact) mass is 371 g/mol. The number of alkyl halides is 3. The second-order valence-corrected chi connectivity index (χ2v) is 6.68. The zero-order valence-corrected chi connectivity index (χ0v) is 15.5. The van der Waals surface area contributed by atoms with Crippen molar-refractivity contribution in [3.05, 3.63) is 35.4 Å². The van der Waals surface area contributed by atoms with Crippen molar-refractivity contribution in [2.45, 2.75) is 44.2 Å². The van der Waals surface area contributed by atoms with E-state index in [0.717, 1.165) is 25.5 Å². The summed E-state index contributed by atoms with van der Waals surface area (Å²) in [5.74, 6) is 0.677. The summed E-state index contributed by atoms with van der Waals surface area (Å²) in [6, 6.07) is 5.68. The Balaban J connectivity index is 2.18. The van der Waals surface area contributed by atoms with E-state index >= 15 is 0 Å². The van der Waals surface area contributed by atoms with Crippen LogP contribution in [0.4, 0.5) is 13.2 Å². The number of halogens is 3. The van der Waals surface area contributed by atoms with Gasteiger partial charge >= 0.3 is 6.18 Å². The van der Waals surface area contributed by atoms with Crippen molar-refractivity contribution in [2.75, 3.05) is 33.4 Å². The van der Waals surface area contributed by atoms with Gasteiger partial charge in [-0.1, -0.05) is 31.5 Å². The first kappa shape index (κ1) is 20.6. The molecule has 4 nitrogen and oxygen atoms in total. The van der Waals surface area contributed by atoms with E-state index in [1.165, 1.54) is 12.1 Å². The number of unbranched alkanes of at least 4 members (excludes halogenated alkanes) is 1. The molecule has 1 aliphatic rings. The van der Waals surface area contributed by atoms with Gasteiger partial charge in [0.15, 0.2) is 5.96 Å². The van der Waals surface area contributed by atoms with Crippen LogP contribution in [0.1, 0.15) is 43.7 Å². The molecular formula is C19H28F3N3O. The molecule has 1 aromatic rings. The van der Waals surface area contributed by atoms with Crippen LogP contribution in [0.5, 0.6) is 0 Å². The third-order valence-electron chi connectivity index (χ3n) is 4.89. The summed E-state index contributed by atoms with van der Waals surface area (Å²) in [4.78, 5) is 4.21. The topological polar surface area (TPSA) is 45.7 Å². The average molecular weight is 371 g/mol. The second-order valence-electron chi connectivity index (χ2n) is 6.68. The van der Waals surface area contributed by atoms with Crippen LogP contribution >= 0.6 is 0 Å². The Kier molecular flexibility index (Phi) is 7.32. The van der Waals surface area contributed by atoms with Gasteiger partial charge in [-0.15, -0.1) is 0 Å². The Labute approximate surface area is 153 Å². The number of ether oxygens (including phenoxy) is 1. The number of hydrogen-bond acceptors (Lipinski definition) is 2. The number of hydrogen-bond donors (Lipinski definition) is 2. The van der Waals surface area contributed by atoms with Gasteiger partial charge in [-0.3, -0.25) is 4.99 Å². The van der Waals surface area contributed by atoms with Gasteiger partial charge in [0.05, 0.1) is 5.56 Å². The Morgan fingerprint density at radius 2 is 1.96 bits per heavy atom. The molecule has 0 atom stereocenters. The van der Waals surface area contributed by atoms with Crippen LogP contribution in [-0.2, 0) is 16.3 Å². The molecule has 0 radical (unpaired) electrons. The number of nitrogens with zero attached hydrogens (tertiary/aromatic N) is 1. The lowest BCUT2D eigenvalue weighted by atomic mass is 9.73. The van der Waals surface area contributed by atoms with Crippen molar-refractivity contribution in [3.8, 4) is 0 Å². The lowest BCUT2D eigenvalue weighted by Crippen LogP contribution is -2.48. The van der Waals surface area contributed by atoms with E-state index in [1.807, 2.05) is 0 Å². The van der Waals surface area contributed by atoms with Crippen molar-refractivity contribution < 1.29 is 17.9 Å². The molecule has 1 saturated heterocycles. The predicted octanol–water partition coefficient (Wildman–Crippen LogP) is 3.72. The van der Waals surface area contributed by atoms with Crippen LogP contribution in [0.25, 0.3) is 0 Å². The number of guanidine groups is 1. The van der Waals surface area contributed by atoms with Crippen molar-refractivity contribution in [2.24, 2.45) is 4.99 Å². The van der Waals surface area contributed by atoms with Crippen LogP contribution in [0.2, 0.25) is 0 Å². The van der Waals surface area contributed by atoms with Gasteiger partial charge in [0.2, 0.25) is 0 Å². The molecule has 146 valence electrons. The molecule has 0 saturated carbocycles. The minimum atomic E-state index is -4.34. The van der Waals surface area contributed by atoms with Crippen LogP contribution in [0.15, 0.2) is 29.3 Å². The molecule has 0 spiro atoms. The zero-order valence-electron chi connectivity index (χ0n) is 15.5. The molecule has 1 fully saturated rings. The lowest BCUT2D eigenvalue weighted by molar-refractivity contribution is -0.137. The van der Waals surface area contributed by atoms with Crippen molar-refractivity contribution in [3.63, 3.8) is 0 Å². The van der Waals surface area contributed by atoms with Gasteiger partial charge in [-0.2, -0.15) is 13.2 Å². The van der Waals surface area contributed by atoms with Gasteiger partial charge in [-0.05, 0) is 30.9 Å². The molecule has 2 rings (SSSR count). The molecule has 0 aliphatic carbocycles. The highest BCUT2D eigenvalue weighted by molar-refractivity contribution is 5.79. The summed E-state index contributed by atoms with van der Waals surface area (Å²) >= 11 is 0. The maximum absolute atomic E-state index is 13.1. The first-order valence-corrected chi connectivity index (χ1v) is 9.11. The first-order valence-electron chi connectivity index (χ1n) is 9.11. The van der Waals surface area contributed by atoms with Gasteiger partial charge in [0, 0.05) is 38.8 Å². The highest BCUT2D eigenvalue weighted by Gasteiger charge is 2.37. The fraction of sp³-hybridized carbons (Fsp3) is 0.632. The van der Waals surface area contributed by atoms with Crippen molar-refractivity contribution in [1.29, 1.82) is 0 Å². The summed E-state index contributed by atoms with van der Waals surface area (Å²) < 4.78 is 44.9. The Hall–Kier alpha value is -1.76. The SMILES string of the molecule is CCCCNC(=NC)NCC1(c2cccc(C(F)(F)F)c2)CCOCC1. The van der Waals surface area contributed by atoms with Crippen LogP contribution in [-0.4, -0.2) is 39.3 Å². The normalized spacial score (nSPS) is 17.8. The fourth-order valence-corrected chi connectivity index (χ4v) is 3.21. The zero-order chi connectivity index (χ0) is 19.0. The number of aliphatic imine (C=N–C) groups is 1. The van der Waals surface area contributed by atoms with Gasteiger partial charge in [0.1, 0.15) is 0 Å². The molecule has 1 aromatic carbocycles. The Morgan fingerprint density at radius 3 is 2.58 bits per heavy atom. The van der Waals surface area contributed by atoms with Gasteiger partial charge in [0.25, 0.3) is 0 Å². The number of benzene rings is 1. The van der Waals surface area contributed by atoms with E-state index in [2.05, 4.69) is 22.5 Å². The maximum atomic E-state index is 13.1. The minimum Gasteiger partial charge on any atom is -0.381 e. The molecule has 2 N–H and O–H groups in total. The molecule has 0 amide bonds. The molecular weight excluding hydrogens is 343 g/mol.